The number of benzene rings is 2. The van der Waals surface area contributed by atoms with Crippen molar-refractivity contribution in [2.45, 2.75) is 6.92 Å². The molecule has 0 unspecified atom stereocenters. The number of carbonyl (C=O) groups excluding carboxylic acids is 1. The number of hydrogen-bond donors (Lipinski definition) is 1. The number of rotatable bonds is 3. The molecule has 3 nitrogen and oxygen atoms in total. The van der Waals surface area contributed by atoms with Crippen molar-refractivity contribution in [2.24, 2.45) is 0 Å². The number of carbonyl (C=O) groups is 1. The third kappa shape index (κ3) is 2.38. The molecule has 0 fully saturated rings. The number of anilines is 1. The van der Waals surface area contributed by atoms with Crippen molar-refractivity contribution in [1.29, 1.82) is 0 Å². The lowest BCUT2D eigenvalue weighted by Crippen LogP contribution is -2.15. The molecule has 0 spiro atoms. The van der Waals surface area contributed by atoms with E-state index in [2.05, 4.69) is 22.2 Å². The minimum absolute atomic E-state index is 0.186. The molecule has 0 atom stereocenters. The van der Waals surface area contributed by atoms with Gasteiger partial charge in [-0.15, -0.1) is 0 Å². The summed E-state index contributed by atoms with van der Waals surface area (Å²) in [5, 5.41) is 5.41. The molecule has 2 aromatic carbocycles. The van der Waals surface area contributed by atoms with Gasteiger partial charge in [0.05, 0.1) is 7.11 Å². The Morgan fingerprint density at radius 2 is 2.00 bits per heavy atom. The predicted molar refractivity (Wildman–Crippen MR) is 69.2 cm³/mol. The molecule has 2 rings (SSSR count). The summed E-state index contributed by atoms with van der Waals surface area (Å²) in [6, 6.07) is 12.2. The van der Waals surface area contributed by atoms with Crippen LogP contribution in [0.3, 0.4) is 0 Å². The van der Waals surface area contributed by atoms with Crippen molar-refractivity contribution in [3.63, 3.8) is 0 Å². The molecular formula is C14H15NO2. The van der Waals surface area contributed by atoms with Gasteiger partial charge in [-0.25, -0.2) is 0 Å². The Kier molecular flexibility index (Phi) is 3.28. The van der Waals surface area contributed by atoms with Crippen LogP contribution in [-0.2, 0) is 9.53 Å². The third-order valence-electron chi connectivity index (χ3n) is 2.77. The Bertz CT molecular complexity index is 549. The second kappa shape index (κ2) is 4.87. The number of esters is 1. The van der Waals surface area contributed by atoms with Crippen LogP contribution in [0.1, 0.15) is 5.56 Å². The molecule has 0 bridgehead atoms. The van der Waals surface area contributed by atoms with Gasteiger partial charge in [0.15, 0.2) is 0 Å². The smallest absolute Gasteiger partial charge is 0.325 e. The average Bonchev–Trinajstić information content (AvgIpc) is 2.37. The number of methoxy groups -OCH3 is 1. The van der Waals surface area contributed by atoms with Crippen LogP contribution in [0.25, 0.3) is 10.8 Å². The minimum Gasteiger partial charge on any atom is -0.468 e. The molecule has 0 radical (unpaired) electrons. The molecular weight excluding hydrogens is 214 g/mol. The van der Waals surface area contributed by atoms with Gasteiger partial charge in [-0.2, -0.15) is 0 Å². The highest BCUT2D eigenvalue weighted by Crippen LogP contribution is 2.26. The second-order valence-electron chi connectivity index (χ2n) is 3.91. The molecule has 0 saturated heterocycles. The van der Waals surface area contributed by atoms with Gasteiger partial charge >= 0.3 is 5.97 Å². The summed E-state index contributed by atoms with van der Waals surface area (Å²) in [7, 11) is 1.39. The van der Waals surface area contributed by atoms with Crippen LogP contribution in [0.2, 0.25) is 0 Å². The van der Waals surface area contributed by atoms with Gasteiger partial charge in [0.2, 0.25) is 0 Å². The van der Waals surface area contributed by atoms with Crippen LogP contribution in [-0.4, -0.2) is 19.6 Å². The molecule has 0 aliphatic carbocycles. The molecule has 1 N–H and O–H groups in total. The summed E-state index contributed by atoms with van der Waals surface area (Å²) in [5.74, 6) is -0.266. The summed E-state index contributed by atoms with van der Waals surface area (Å²) in [5.41, 5.74) is 2.11. The topological polar surface area (TPSA) is 38.3 Å². The summed E-state index contributed by atoms with van der Waals surface area (Å²) in [6.07, 6.45) is 0. The van der Waals surface area contributed by atoms with E-state index in [1.54, 1.807) is 0 Å². The van der Waals surface area contributed by atoms with E-state index in [4.69, 9.17) is 0 Å². The first-order chi connectivity index (χ1) is 8.22. The summed E-state index contributed by atoms with van der Waals surface area (Å²) in [4.78, 5) is 11.1. The van der Waals surface area contributed by atoms with Crippen molar-refractivity contribution in [3.8, 4) is 0 Å². The van der Waals surface area contributed by atoms with E-state index in [1.165, 1.54) is 7.11 Å². The first kappa shape index (κ1) is 11.5. The quantitative estimate of drug-likeness (QED) is 0.822. The SMILES string of the molecule is COC(=O)CNc1c(C)ccc2ccccc12. The fourth-order valence-electron chi connectivity index (χ4n) is 1.85. The Labute approximate surface area is 100 Å². The summed E-state index contributed by atoms with van der Waals surface area (Å²) < 4.78 is 4.62. The highest BCUT2D eigenvalue weighted by molar-refractivity contribution is 5.96. The molecule has 0 aromatic heterocycles. The van der Waals surface area contributed by atoms with Gasteiger partial charge in [-0.3, -0.25) is 4.79 Å². The van der Waals surface area contributed by atoms with Crippen molar-refractivity contribution < 1.29 is 9.53 Å². The average molecular weight is 229 g/mol. The first-order valence-electron chi connectivity index (χ1n) is 5.51. The Balaban J connectivity index is 2.37. The van der Waals surface area contributed by atoms with Gasteiger partial charge in [0.1, 0.15) is 6.54 Å². The lowest BCUT2D eigenvalue weighted by Gasteiger charge is -2.12. The van der Waals surface area contributed by atoms with Crippen LogP contribution in [0.15, 0.2) is 36.4 Å². The molecule has 17 heavy (non-hydrogen) atoms. The molecule has 88 valence electrons. The third-order valence-corrected chi connectivity index (χ3v) is 2.77. The number of ether oxygens (including phenoxy) is 1. The first-order valence-corrected chi connectivity index (χ1v) is 5.51. The molecule has 0 aliphatic rings. The molecule has 0 amide bonds. The number of nitrogens with one attached hydrogen (secondary N) is 1. The van der Waals surface area contributed by atoms with E-state index in [9.17, 15) is 4.79 Å². The van der Waals surface area contributed by atoms with Crippen molar-refractivity contribution in [3.05, 3.63) is 42.0 Å². The van der Waals surface area contributed by atoms with E-state index in [0.717, 1.165) is 22.0 Å². The van der Waals surface area contributed by atoms with E-state index < -0.39 is 0 Å². The van der Waals surface area contributed by atoms with Crippen molar-refractivity contribution in [1.82, 2.24) is 0 Å². The fraction of sp³-hybridized carbons (Fsp3) is 0.214. The highest BCUT2D eigenvalue weighted by Gasteiger charge is 2.06. The lowest BCUT2D eigenvalue weighted by molar-refractivity contribution is -0.138. The van der Waals surface area contributed by atoms with E-state index in [0.29, 0.717) is 0 Å². The number of fused-ring (bicyclic) bond motifs is 1. The Morgan fingerprint density at radius 1 is 1.24 bits per heavy atom. The van der Waals surface area contributed by atoms with Crippen LogP contribution >= 0.6 is 0 Å². The van der Waals surface area contributed by atoms with E-state index in [1.807, 2.05) is 31.2 Å². The van der Waals surface area contributed by atoms with Crippen molar-refractivity contribution in [2.75, 3.05) is 19.0 Å². The predicted octanol–water partition coefficient (Wildman–Crippen LogP) is 2.73. The van der Waals surface area contributed by atoms with Crippen LogP contribution in [0.4, 0.5) is 5.69 Å². The minimum atomic E-state index is -0.266. The maximum atomic E-state index is 11.1. The number of hydrogen-bond acceptors (Lipinski definition) is 3. The van der Waals surface area contributed by atoms with Gasteiger partial charge in [0.25, 0.3) is 0 Å². The van der Waals surface area contributed by atoms with Crippen LogP contribution in [0, 0.1) is 6.92 Å². The zero-order chi connectivity index (χ0) is 12.3. The normalized spacial score (nSPS) is 10.2. The lowest BCUT2D eigenvalue weighted by atomic mass is 10.0. The van der Waals surface area contributed by atoms with Crippen molar-refractivity contribution >= 4 is 22.4 Å². The van der Waals surface area contributed by atoms with E-state index >= 15 is 0 Å². The van der Waals surface area contributed by atoms with Crippen LogP contribution < -0.4 is 5.32 Å². The maximum absolute atomic E-state index is 11.1. The largest absolute Gasteiger partial charge is 0.468 e. The molecule has 0 saturated carbocycles. The Morgan fingerprint density at radius 3 is 2.76 bits per heavy atom. The van der Waals surface area contributed by atoms with E-state index in [-0.39, 0.29) is 12.5 Å². The van der Waals surface area contributed by atoms with Gasteiger partial charge in [-0.1, -0.05) is 36.4 Å². The monoisotopic (exact) mass is 229 g/mol. The van der Waals surface area contributed by atoms with Gasteiger partial charge in [-0.05, 0) is 17.9 Å². The number of aryl methyl sites for hydroxylation is 1. The summed E-state index contributed by atoms with van der Waals surface area (Å²) >= 11 is 0. The van der Waals surface area contributed by atoms with Gasteiger partial charge < -0.3 is 10.1 Å². The molecule has 0 heterocycles. The standard InChI is InChI=1S/C14H15NO2/c1-10-7-8-11-5-3-4-6-12(11)14(10)15-9-13(16)17-2/h3-8,15H,9H2,1-2H3. The Hall–Kier alpha value is -2.03. The molecule has 0 aliphatic heterocycles. The zero-order valence-electron chi connectivity index (χ0n) is 9.99. The second-order valence-corrected chi connectivity index (χ2v) is 3.91. The maximum Gasteiger partial charge on any atom is 0.325 e. The highest BCUT2D eigenvalue weighted by atomic mass is 16.5. The molecule has 2 aromatic rings. The zero-order valence-corrected chi connectivity index (χ0v) is 9.99. The molecule has 3 heteroatoms. The van der Waals surface area contributed by atoms with Gasteiger partial charge in [0, 0.05) is 11.1 Å². The van der Waals surface area contributed by atoms with Crippen LogP contribution in [0.5, 0.6) is 0 Å². The fourth-order valence-corrected chi connectivity index (χ4v) is 1.85. The summed E-state index contributed by atoms with van der Waals surface area (Å²) in [6.45, 7) is 2.21.